The van der Waals surface area contributed by atoms with Crippen molar-refractivity contribution in [3.63, 3.8) is 0 Å². The van der Waals surface area contributed by atoms with Gasteiger partial charge in [0.2, 0.25) is 0 Å². The molecular formula is C8H4FNO3. The van der Waals surface area contributed by atoms with Gasteiger partial charge in [0, 0.05) is 6.07 Å². The highest BCUT2D eigenvalue weighted by atomic mass is 19.1. The Kier molecular flexibility index (Phi) is 2.15. The maximum atomic E-state index is 13.0. The van der Waals surface area contributed by atoms with E-state index in [9.17, 15) is 9.18 Å². The zero-order chi connectivity index (χ0) is 10.0. The lowest BCUT2D eigenvalue weighted by molar-refractivity contribution is 0.0691. The van der Waals surface area contributed by atoms with Gasteiger partial charge < -0.3 is 10.2 Å². The quantitative estimate of drug-likeness (QED) is 0.679. The minimum absolute atomic E-state index is 0.449. The van der Waals surface area contributed by atoms with Gasteiger partial charge in [0.25, 0.3) is 0 Å². The SMILES string of the molecule is N#Cc1cc(O)cc(C(=O)O)c1F. The monoisotopic (exact) mass is 181 g/mol. The number of carboxylic acid groups (broad SMARTS) is 1. The van der Waals surface area contributed by atoms with Crippen molar-refractivity contribution in [1.29, 1.82) is 5.26 Å². The highest BCUT2D eigenvalue weighted by molar-refractivity contribution is 5.89. The van der Waals surface area contributed by atoms with E-state index in [0.29, 0.717) is 0 Å². The summed E-state index contributed by atoms with van der Waals surface area (Å²) in [7, 11) is 0. The lowest BCUT2D eigenvalue weighted by atomic mass is 10.1. The molecule has 0 fully saturated rings. The molecule has 0 saturated heterocycles. The van der Waals surface area contributed by atoms with Crippen LogP contribution in [-0.2, 0) is 0 Å². The normalized spacial score (nSPS) is 9.23. The van der Waals surface area contributed by atoms with Gasteiger partial charge in [-0.1, -0.05) is 0 Å². The Bertz CT molecular complexity index is 409. The number of aromatic carboxylic acids is 1. The summed E-state index contributed by atoms with van der Waals surface area (Å²) in [5, 5.41) is 25.7. The van der Waals surface area contributed by atoms with Crippen molar-refractivity contribution in [2.45, 2.75) is 0 Å². The smallest absolute Gasteiger partial charge is 0.338 e. The molecule has 0 radical (unpaired) electrons. The fraction of sp³-hybridized carbons (Fsp3) is 0. The van der Waals surface area contributed by atoms with E-state index in [2.05, 4.69) is 0 Å². The van der Waals surface area contributed by atoms with Gasteiger partial charge in [-0.05, 0) is 6.07 Å². The third-order valence-electron chi connectivity index (χ3n) is 1.41. The Labute approximate surface area is 72.5 Å². The Balaban J connectivity index is 3.47. The molecule has 13 heavy (non-hydrogen) atoms. The van der Waals surface area contributed by atoms with Gasteiger partial charge in [-0.15, -0.1) is 0 Å². The summed E-state index contributed by atoms with van der Waals surface area (Å²) in [4.78, 5) is 10.4. The highest BCUT2D eigenvalue weighted by Gasteiger charge is 2.15. The number of nitriles is 1. The molecular weight excluding hydrogens is 177 g/mol. The van der Waals surface area contributed by atoms with Crippen LogP contribution in [0.5, 0.6) is 5.75 Å². The second-order valence-corrected chi connectivity index (χ2v) is 2.27. The van der Waals surface area contributed by atoms with E-state index < -0.39 is 28.7 Å². The molecule has 0 aliphatic heterocycles. The standard InChI is InChI=1S/C8H4FNO3/c9-7-4(3-10)1-5(11)2-6(7)8(12)13/h1-2,11H,(H,12,13). The summed E-state index contributed by atoms with van der Waals surface area (Å²) in [6.45, 7) is 0. The van der Waals surface area contributed by atoms with E-state index in [4.69, 9.17) is 15.5 Å². The number of hydrogen-bond donors (Lipinski definition) is 2. The molecule has 0 unspecified atom stereocenters. The van der Waals surface area contributed by atoms with Gasteiger partial charge in [-0.25, -0.2) is 9.18 Å². The minimum atomic E-state index is -1.52. The summed E-state index contributed by atoms with van der Waals surface area (Å²) >= 11 is 0. The Morgan fingerprint density at radius 3 is 2.62 bits per heavy atom. The minimum Gasteiger partial charge on any atom is -0.508 e. The first-order chi connectivity index (χ1) is 6.06. The third kappa shape index (κ3) is 1.56. The van der Waals surface area contributed by atoms with Gasteiger partial charge >= 0.3 is 5.97 Å². The average Bonchev–Trinajstić information content (AvgIpc) is 2.08. The molecule has 0 bridgehead atoms. The first kappa shape index (κ1) is 9.00. The van der Waals surface area contributed by atoms with E-state index in [1.54, 1.807) is 0 Å². The second kappa shape index (κ2) is 3.11. The zero-order valence-corrected chi connectivity index (χ0v) is 6.28. The van der Waals surface area contributed by atoms with Crippen LogP contribution in [0.4, 0.5) is 4.39 Å². The van der Waals surface area contributed by atoms with E-state index in [-0.39, 0.29) is 0 Å². The average molecular weight is 181 g/mol. The van der Waals surface area contributed by atoms with E-state index in [1.165, 1.54) is 6.07 Å². The Morgan fingerprint density at radius 1 is 1.54 bits per heavy atom. The predicted octanol–water partition coefficient (Wildman–Crippen LogP) is 1.10. The highest BCUT2D eigenvalue weighted by Crippen LogP contribution is 2.19. The molecule has 0 saturated carbocycles. The molecule has 0 heterocycles. The van der Waals surface area contributed by atoms with E-state index in [1.807, 2.05) is 0 Å². The number of hydrogen-bond acceptors (Lipinski definition) is 3. The van der Waals surface area contributed by atoms with Crippen LogP contribution >= 0.6 is 0 Å². The van der Waals surface area contributed by atoms with Crippen LogP contribution in [0.1, 0.15) is 15.9 Å². The summed E-state index contributed by atoms with van der Waals surface area (Å²) in [6, 6.07) is 3.04. The van der Waals surface area contributed by atoms with Crippen LogP contribution in [0.25, 0.3) is 0 Å². The third-order valence-corrected chi connectivity index (χ3v) is 1.41. The zero-order valence-electron chi connectivity index (χ0n) is 6.28. The van der Waals surface area contributed by atoms with Crippen molar-refractivity contribution in [1.82, 2.24) is 0 Å². The van der Waals surface area contributed by atoms with Crippen molar-refractivity contribution in [3.8, 4) is 11.8 Å². The van der Waals surface area contributed by atoms with Gasteiger partial charge in [0.05, 0.1) is 5.56 Å². The second-order valence-electron chi connectivity index (χ2n) is 2.27. The summed E-state index contributed by atoms with van der Waals surface area (Å²) in [6.07, 6.45) is 0. The number of halogens is 1. The molecule has 0 atom stereocenters. The lowest BCUT2D eigenvalue weighted by Gasteiger charge is -1.99. The topological polar surface area (TPSA) is 81.3 Å². The summed E-state index contributed by atoms with van der Waals surface area (Å²) in [5.74, 6) is -3.10. The molecule has 1 aromatic rings. The van der Waals surface area contributed by atoms with Crippen molar-refractivity contribution >= 4 is 5.97 Å². The van der Waals surface area contributed by atoms with Crippen LogP contribution in [0.2, 0.25) is 0 Å². The summed E-state index contributed by atoms with van der Waals surface area (Å²) in [5.41, 5.74) is -1.20. The van der Waals surface area contributed by atoms with Crippen LogP contribution in [0.3, 0.4) is 0 Å². The van der Waals surface area contributed by atoms with Crippen LogP contribution in [0.15, 0.2) is 12.1 Å². The van der Waals surface area contributed by atoms with Gasteiger partial charge in [0.1, 0.15) is 17.4 Å². The van der Waals surface area contributed by atoms with Crippen molar-refractivity contribution in [2.75, 3.05) is 0 Å². The number of phenols is 1. The number of phenolic OH excluding ortho intramolecular Hbond substituents is 1. The predicted molar refractivity (Wildman–Crippen MR) is 39.7 cm³/mol. The van der Waals surface area contributed by atoms with Gasteiger partial charge in [0.15, 0.2) is 5.82 Å². The number of rotatable bonds is 1. The van der Waals surface area contributed by atoms with Crippen LogP contribution in [-0.4, -0.2) is 16.2 Å². The molecule has 66 valence electrons. The molecule has 0 aliphatic rings. The first-order valence-corrected chi connectivity index (χ1v) is 3.22. The summed E-state index contributed by atoms with van der Waals surface area (Å²) < 4.78 is 13.0. The first-order valence-electron chi connectivity index (χ1n) is 3.22. The Morgan fingerprint density at radius 2 is 2.15 bits per heavy atom. The molecule has 0 aromatic heterocycles. The molecule has 1 aromatic carbocycles. The van der Waals surface area contributed by atoms with Crippen molar-refractivity contribution < 1.29 is 19.4 Å². The molecule has 4 nitrogen and oxygen atoms in total. The lowest BCUT2D eigenvalue weighted by Crippen LogP contribution is -2.02. The van der Waals surface area contributed by atoms with Crippen molar-refractivity contribution in [3.05, 3.63) is 29.1 Å². The van der Waals surface area contributed by atoms with Crippen LogP contribution in [0, 0.1) is 17.1 Å². The maximum Gasteiger partial charge on any atom is 0.338 e. The van der Waals surface area contributed by atoms with Gasteiger partial charge in [-0.3, -0.25) is 0 Å². The number of carbonyl (C=O) groups is 1. The molecule has 0 amide bonds. The van der Waals surface area contributed by atoms with Crippen molar-refractivity contribution in [2.24, 2.45) is 0 Å². The molecule has 5 heteroatoms. The van der Waals surface area contributed by atoms with E-state index in [0.717, 1.165) is 12.1 Å². The molecule has 2 N–H and O–H groups in total. The van der Waals surface area contributed by atoms with Crippen LogP contribution < -0.4 is 0 Å². The fourth-order valence-electron chi connectivity index (χ4n) is 0.846. The molecule has 0 spiro atoms. The molecule has 1 rings (SSSR count). The Hall–Kier alpha value is -2.09. The largest absolute Gasteiger partial charge is 0.508 e. The molecule has 0 aliphatic carbocycles. The number of aromatic hydroxyl groups is 1. The maximum absolute atomic E-state index is 13.0. The number of benzene rings is 1. The number of nitrogens with zero attached hydrogens (tertiary/aromatic N) is 1. The number of carboxylic acids is 1. The van der Waals surface area contributed by atoms with Gasteiger partial charge in [-0.2, -0.15) is 5.26 Å². The fourth-order valence-corrected chi connectivity index (χ4v) is 0.846. The van der Waals surface area contributed by atoms with E-state index >= 15 is 0 Å².